The van der Waals surface area contributed by atoms with Crippen molar-refractivity contribution < 1.29 is 18.9 Å². The van der Waals surface area contributed by atoms with Gasteiger partial charge in [-0.15, -0.1) is 0 Å². The Bertz CT molecular complexity index is 194. The van der Waals surface area contributed by atoms with E-state index in [2.05, 4.69) is 13.3 Å². The molecule has 2 rings (SSSR count). The molecule has 2 saturated carbocycles. The molecule has 2 aliphatic rings. The molecule has 0 nitrogen and oxygen atoms in total. The van der Waals surface area contributed by atoms with Crippen LogP contribution in [0.4, 0.5) is 0 Å². The second kappa shape index (κ2) is 8.71. The Morgan fingerprint density at radius 1 is 0.833 bits per heavy atom. The van der Waals surface area contributed by atoms with Gasteiger partial charge in [0.05, 0.1) is 0 Å². The van der Waals surface area contributed by atoms with Crippen molar-refractivity contribution >= 4 is 0 Å². The fraction of sp³-hybridized carbons (Fsp3) is 0.941. The summed E-state index contributed by atoms with van der Waals surface area (Å²) >= 11 is 0. The number of hydrogen-bond donors (Lipinski definition) is 0. The van der Waals surface area contributed by atoms with Crippen molar-refractivity contribution in [2.45, 2.75) is 90.4 Å². The van der Waals surface area contributed by atoms with Crippen molar-refractivity contribution in [3.8, 4) is 0 Å². The van der Waals surface area contributed by atoms with Gasteiger partial charge in [-0.25, -0.2) is 0 Å². The van der Waals surface area contributed by atoms with E-state index in [1.165, 1.54) is 83.5 Å². The van der Waals surface area contributed by atoms with Crippen molar-refractivity contribution in [3.63, 3.8) is 0 Å². The minimum Gasteiger partial charge on any atom is -0.328 e. The molecular formula is C17H31Li. The van der Waals surface area contributed by atoms with E-state index in [0.29, 0.717) is 5.41 Å². The maximum atomic E-state index is 2.61. The smallest absolute Gasteiger partial charge is 0.328 e. The molecule has 0 bridgehead atoms. The van der Waals surface area contributed by atoms with Crippen molar-refractivity contribution in [1.29, 1.82) is 0 Å². The van der Waals surface area contributed by atoms with E-state index < -0.39 is 0 Å². The third-order valence-corrected chi connectivity index (χ3v) is 5.40. The van der Waals surface area contributed by atoms with Gasteiger partial charge in [0.25, 0.3) is 0 Å². The van der Waals surface area contributed by atoms with Crippen LogP contribution < -0.4 is 18.9 Å². The standard InChI is InChI=1S/C17H31.Li/c1-17(16-12-8-9-13-16)14-10-6-4-2-3-5-7-11-15-17;/h8,16H,2-7,9-15H2,1H3;/q-1;+1. The second-order valence-corrected chi connectivity index (χ2v) is 6.78. The predicted octanol–water partition coefficient (Wildman–Crippen LogP) is 2.92. The van der Waals surface area contributed by atoms with Crippen LogP contribution in [0.15, 0.2) is 0 Å². The predicted molar refractivity (Wildman–Crippen MR) is 75.9 cm³/mol. The Labute approximate surface area is 127 Å². The molecule has 0 saturated heterocycles. The van der Waals surface area contributed by atoms with Gasteiger partial charge in [0, 0.05) is 0 Å². The van der Waals surface area contributed by atoms with Gasteiger partial charge in [0.1, 0.15) is 0 Å². The molecule has 0 heterocycles. The molecule has 0 radical (unpaired) electrons. The van der Waals surface area contributed by atoms with Crippen LogP contribution in [0.1, 0.15) is 90.4 Å². The van der Waals surface area contributed by atoms with Crippen LogP contribution in [0.5, 0.6) is 0 Å². The Balaban J connectivity index is 0.00000162. The van der Waals surface area contributed by atoms with Gasteiger partial charge < -0.3 is 6.42 Å². The largest absolute Gasteiger partial charge is 1.00 e. The molecule has 2 aliphatic carbocycles. The van der Waals surface area contributed by atoms with E-state index in [4.69, 9.17) is 0 Å². The number of rotatable bonds is 1. The molecule has 1 unspecified atom stereocenters. The third kappa shape index (κ3) is 4.94. The molecule has 0 N–H and O–H groups in total. The summed E-state index contributed by atoms with van der Waals surface area (Å²) in [5.74, 6) is 1.02. The molecule has 1 atom stereocenters. The molecule has 2 fully saturated rings. The summed E-state index contributed by atoms with van der Waals surface area (Å²) in [6.45, 7) is 2.61. The fourth-order valence-corrected chi connectivity index (χ4v) is 4.04. The van der Waals surface area contributed by atoms with Crippen molar-refractivity contribution in [3.05, 3.63) is 6.42 Å². The van der Waals surface area contributed by atoms with Gasteiger partial charge >= 0.3 is 18.9 Å². The zero-order valence-corrected chi connectivity index (χ0v) is 12.8. The van der Waals surface area contributed by atoms with E-state index in [1.54, 1.807) is 0 Å². The normalized spacial score (nSPS) is 30.2. The van der Waals surface area contributed by atoms with Gasteiger partial charge in [-0.1, -0.05) is 70.6 Å². The summed E-state index contributed by atoms with van der Waals surface area (Å²) in [7, 11) is 0. The molecule has 100 valence electrons. The average molecular weight is 242 g/mol. The fourth-order valence-electron chi connectivity index (χ4n) is 4.04. The number of hydrogen-bond acceptors (Lipinski definition) is 0. The van der Waals surface area contributed by atoms with Crippen molar-refractivity contribution in [1.82, 2.24) is 0 Å². The van der Waals surface area contributed by atoms with Crippen LogP contribution in [0, 0.1) is 17.8 Å². The average Bonchev–Trinajstić information content (AvgIpc) is 2.84. The molecule has 0 aromatic carbocycles. The SMILES string of the molecule is CC1(C2C[CH-]CC2)CCCCCCCCCC1.[Li+]. The van der Waals surface area contributed by atoms with Gasteiger partial charge in [0.15, 0.2) is 0 Å². The van der Waals surface area contributed by atoms with E-state index in [9.17, 15) is 0 Å². The van der Waals surface area contributed by atoms with E-state index in [-0.39, 0.29) is 18.9 Å². The second-order valence-electron chi connectivity index (χ2n) is 6.78. The van der Waals surface area contributed by atoms with Crippen LogP contribution in [-0.2, 0) is 0 Å². The van der Waals surface area contributed by atoms with E-state index in [1.807, 2.05) is 0 Å². The molecule has 0 aromatic heterocycles. The summed E-state index contributed by atoms with van der Waals surface area (Å²) in [5.41, 5.74) is 0.678. The topological polar surface area (TPSA) is 0 Å². The summed E-state index contributed by atoms with van der Waals surface area (Å²) in [6, 6.07) is 0. The summed E-state index contributed by atoms with van der Waals surface area (Å²) < 4.78 is 0. The first-order valence-corrected chi connectivity index (χ1v) is 8.13. The summed E-state index contributed by atoms with van der Waals surface area (Å²) in [4.78, 5) is 0. The van der Waals surface area contributed by atoms with Crippen LogP contribution >= 0.6 is 0 Å². The van der Waals surface area contributed by atoms with Crippen LogP contribution in [-0.4, -0.2) is 0 Å². The monoisotopic (exact) mass is 242 g/mol. The molecule has 0 aromatic rings. The first kappa shape index (κ1) is 16.7. The Hall–Kier alpha value is 0.597. The zero-order chi connectivity index (χ0) is 12.0. The van der Waals surface area contributed by atoms with E-state index in [0.717, 1.165) is 5.92 Å². The maximum absolute atomic E-state index is 2.61. The molecule has 18 heavy (non-hydrogen) atoms. The Morgan fingerprint density at radius 2 is 1.33 bits per heavy atom. The molecule has 0 spiro atoms. The zero-order valence-electron chi connectivity index (χ0n) is 12.8. The minimum atomic E-state index is 0. The van der Waals surface area contributed by atoms with Gasteiger partial charge in [-0.3, -0.25) is 0 Å². The van der Waals surface area contributed by atoms with Gasteiger partial charge in [0.2, 0.25) is 0 Å². The summed E-state index contributed by atoms with van der Waals surface area (Å²) in [6.07, 6.45) is 21.8. The summed E-state index contributed by atoms with van der Waals surface area (Å²) in [5, 5.41) is 0. The van der Waals surface area contributed by atoms with E-state index >= 15 is 0 Å². The van der Waals surface area contributed by atoms with Crippen LogP contribution in [0.25, 0.3) is 0 Å². The Kier molecular flexibility index (Phi) is 8.05. The van der Waals surface area contributed by atoms with Crippen LogP contribution in [0.3, 0.4) is 0 Å². The quantitative estimate of drug-likeness (QED) is 0.490. The van der Waals surface area contributed by atoms with Gasteiger partial charge in [-0.05, 0) is 18.3 Å². The molecule has 0 aliphatic heterocycles. The molecule has 0 amide bonds. The van der Waals surface area contributed by atoms with Crippen molar-refractivity contribution in [2.75, 3.05) is 0 Å². The third-order valence-electron chi connectivity index (χ3n) is 5.40. The Morgan fingerprint density at radius 3 is 1.78 bits per heavy atom. The minimum absolute atomic E-state index is 0. The first-order chi connectivity index (χ1) is 8.31. The van der Waals surface area contributed by atoms with Gasteiger partial charge in [-0.2, -0.15) is 12.8 Å². The molecular weight excluding hydrogens is 211 g/mol. The molecule has 1 heteroatoms. The maximum Gasteiger partial charge on any atom is 1.00 e. The van der Waals surface area contributed by atoms with Crippen molar-refractivity contribution in [2.24, 2.45) is 11.3 Å². The van der Waals surface area contributed by atoms with Crippen LogP contribution in [0.2, 0.25) is 0 Å². The first-order valence-electron chi connectivity index (χ1n) is 8.13.